The molecule has 0 saturated heterocycles. The van der Waals surface area contributed by atoms with Gasteiger partial charge in [0.05, 0.1) is 0 Å². The van der Waals surface area contributed by atoms with Gasteiger partial charge in [0.25, 0.3) is 0 Å². The van der Waals surface area contributed by atoms with Gasteiger partial charge in [-0.15, -0.1) is 0 Å². The van der Waals surface area contributed by atoms with Gasteiger partial charge >= 0.3 is 0 Å². The lowest BCUT2D eigenvalue weighted by molar-refractivity contribution is -0.130. The van der Waals surface area contributed by atoms with Gasteiger partial charge in [0, 0.05) is 11.5 Å². The van der Waals surface area contributed by atoms with Crippen molar-refractivity contribution in [2.24, 2.45) is 5.41 Å². The molecular formula is C14H31NO. The van der Waals surface area contributed by atoms with Gasteiger partial charge in [-0.3, -0.25) is 4.79 Å². The summed E-state index contributed by atoms with van der Waals surface area (Å²) < 4.78 is 0. The minimum Gasteiger partial charge on any atom is -0.353 e. The summed E-state index contributed by atoms with van der Waals surface area (Å²) in [6.45, 7) is 14.3. The molecule has 1 amide bonds. The van der Waals surface area contributed by atoms with Crippen molar-refractivity contribution >= 4 is 5.91 Å². The second-order valence-electron chi connectivity index (χ2n) is 4.60. The molecule has 98 valence electrons. The van der Waals surface area contributed by atoms with E-state index < -0.39 is 0 Å². The Hall–Kier alpha value is -0.530. The first-order valence-corrected chi connectivity index (χ1v) is 6.78. The lowest BCUT2D eigenvalue weighted by Gasteiger charge is -2.25. The Morgan fingerprint density at radius 3 is 2.00 bits per heavy atom. The van der Waals surface area contributed by atoms with Crippen LogP contribution in [0.3, 0.4) is 0 Å². The van der Waals surface area contributed by atoms with E-state index in [9.17, 15) is 4.79 Å². The van der Waals surface area contributed by atoms with E-state index in [4.69, 9.17) is 0 Å². The summed E-state index contributed by atoms with van der Waals surface area (Å²) >= 11 is 0. The van der Waals surface area contributed by atoms with E-state index in [-0.39, 0.29) is 11.3 Å². The Balaban J connectivity index is 0. The molecule has 0 aromatic heterocycles. The fourth-order valence-corrected chi connectivity index (χ4v) is 1.27. The Bertz CT molecular complexity index is 176. The molecule has 0 saturated carbocycles. The SMILES string of the molecule is CC.CCCC(CC)NC(=O)C(C)(C)CC. The third-order valence-electron chi connectivity index (χ3n) is 2.96. The highest BCUT2D eigenvalue weighted by molar-refractivity contribution is 5.81. The third kappa shape index (κ3) is 6.86. The molecule has 0 heterocycles. The number of amides is 1. The van der Waals surface area contributed by atoms with Gasteiger partial charge < -0.3 is 5.32 Å². The van der Waals surface area contributed by atoms with Gasteiger partial charge in [-0.1, -0.05) is 54.9 Å². The van der Waals surface area contributed by atoms with Crippen molar-refractivity contribution in [3.63, 3.8) is 0 Å². The molecule has 0 aromatic rings. The van der Waals surface area contributed by atoms with E-state index in [0.29, 0.717) is 6.04 Å². The molecule has 0 aliphatic heterocycles. The monoisotopic (exact) mass is 229 g/mol. The number of carbonyl (C=O) groups excluding carboxylic acids is 1. The van der Waals surface area contributed by atoms with Crippen molar-refractivity contribution in [2.75, 3.05) is 0 Å². The summed E-state index contributed by atoms with van der Waals surface area (Å²) in [6.07, 6.45) is 4.13. The maximum Gasteiger partial charge on any atom is 0.225 e. The normalized spacial score (nSPS) is 12.4. The molecule has 16 heavy (non-hydrogen) atoms. The van der Waals surface area contributed by atoms with Crippen LogP contribution < -0.4 is 5.32 Å². The van der Waals surface area contributed by atoms with Crippen molar-refractivity contribution in [1.82, 2.24) is 5.32 Å². The van der Waals surface area contributed by atoms with E-state index in [0.717, 1.165) is 25.7 Å². The van der Waals surface area contributed by atoms with Crippen LogP contribution in [0.2, 0.25) is 0 Å². The second kappa shape index (κ2) is 9.68. The van der Waals surface area contributed by atoms with Crippen LogP contribution in [0, 0.1) is 5.41 Å². The van der Waals surface area contributed by atoms with Gasteiger partial charge in [0.15, 0.2) is 0 Å². The van der Waals surface area contributed by atoms with E-state index in [1.807, 2.05) is 27.7 Å². The molecule has 0 rings (SSSR count). The highest BCUT2D eigenvalue weighted by Gasteiger charge is 2.26. The zero-order chi connectivity index (χ0) is 13.2. The van der Waals surface area contributed by atoms with Gasteiger partial charge in [-0.05, 0) is 19.3 Å². The van der Waals surface area contributed by atoms with Gasteiger partial charge in [-0.25, -0.2) is 0 Å². The van der Waals surface area contributed by atoms with Crippen molar-refractivity contribution in [2.45, 2.75) is 80.2 Å². The molecule has 1 unspecified atom stereocenters. The molecule has 0 aromatic carbocycles. The summed E-state index contributed by atoms with van der Waals surface area (Å²) in [5.41, 5.74) is -0.221. The van der Waals surface area contributed by atoms with Crippen LogP contribution >= 0.6 is 0 Å². The van der Waals surface area contributed by atoms with Crippen molar-refractivity contribution in [1.29, 1.82) is 0 Å². The maximum atomic E-state index is 11.8. The fourth-order valence-electron chi connectivity index (χ4n) is 1.27. The Labute approximate surface area is 102 Å². The van der Waals surface area contributed by atoms with E-state index in [2.05, 4.69) is 26.1 Å². The van der Waals surface area contributed by atoms with Crippen molar-refractivity contribution < 1.29 is 4.79 Å². The first kappa shape index (κ1) is 17.9. The molecule has 0 aliphatic carbocycles. The van der Waals surface area contributed by atoms with Crippen molar-refractivity contribution in [3.8, 4) is 0 Å². The topological polar surface area (TPSA) is 29.1 Å². The van der Waals surface area contributed by atoms with E-state index in [1.165, 1.54) is 0 Å². The standard InChI is InChI=1S/C12H25NO.C2H6/c1-6-9-10(7-2)13-11(14)12(4,5)8-3;1-2/h10H,6-9H2,1-5H3,(H,13,14);1-2H3. The molecule has 0 bridgehead atoms. The van der Waals surface area contributed by atoms with Crippen LogP contribution in [0.5, 0.6) is 0 Å². The van der Waals surface area contributed by atoms with Crippen molar-refractivity contribution in [3.05, 3.63) is 0 Å². The van der Waals surface area contributed by atoms with Crippen LogP contribution in [-0.2, 0) is 4.79 Å². The number of hydrogen-bond donors (Lipinski definition) is 1. The smallest absolute Gasteiger partial charge is 0.225 e. The minimum atomic E-state index is -0.221. The Morgan fingerprint density at radius 1 is 1.19 bits per heavy atom. The quantitative estimate of drug-likeness (QED) is 0.728. The highest BCUT2D eigenvalue weighted by atomic mass is 16.2. The van der Waals surface area contributed by atoms with Gasteiger partial charge in [0.1, 0.15) is 0 Å². The average Bonchev–Trinajstić information content (AvgIpc) is 2.30. The number of hydrogen-bond acceptors (Lipinski definition) is 1. The summed E-state index contributed by atoms with van der Waals surface area (Å²) in [7, 11) is 0. The van der Waals surface area contributed by atoms with Crippen LogP contribution in [-0.4, -0.2) is 11.9 Å². The Morgan fingerprint density at radius 2 is 1.69 bits per heavy atom. The first-order chi connectivity index (χ1) is 7.47. The molecular weight excluding hydrogens is 198 g/mol. The van der Waals surface area contributed by atoms with E-state index in [1.54, 1.807) is 0 Å². The first-order valence-electron chi connectivity index (χ1n) is 6.78. The van der Waals surface area contributed by atoms with Gasteiger partial charge in [-0.2, -0.15) is 0 Å². The second-order valence-corrected chi connectivity index (χ2v) is 4.60. The molecule has 1 atom stereocenters. The summed E-state index contributed by atoms with van der Waals surface area (Å²) in [5.74, 6) is 0.195. The molecule has 1 N–H and O–H groups in total. The summed E-state index contributed by atoms with van der Waals surface area (Å²) in [4.78, 5) is 11.8. The maximum absolute atomic E-state index is 11.8. The average molecular weight is 229 g/mol. The molecule has 2 nitrogen and oxygen atoms in total. The van der Waals surface area contributed by atoms with E-state index >= 15 is 0 Å². The number of carbonyl (C=O) groups is 1. The zero-order valence-corrected chi connectivity index (χ0v) is 12.3. The third-order valence-corrected chi connectivity index (χ3v) is 2.96. The van der Waals surface area contributed by atoms with Crippen LogP contribution in [0.4, 0.5) is 0 Å². The van der Waals surface area contributed by atoms with Crippen LogP contribution in [0.1, 0.15) is 74.1 Å². The lowest BCUT2D eigenvalue weighted by Crippen LogP contribution is -2.42. The summed E-state index contributed by atoms with van der Waals surface area (Å²) in [6, 6.07) is 0.360. The molecule has 0 radical (unpaired) electrons. The van der Waals surface area contributed by atoms with Crippen LogP contribution in [0.15, 0.2) is 0 Å². The highest BCUT2D eigenvalue weighted by Crippen LogP contribution is 2.20. The predicted octanol–water partition coefficient (Wildman–Crippen LogP) is 4.14. The minimum absolute atomic E-state index is 0.195. The summed E-state index contributed by atoms with van der Waals surface area (Å²) in [5, 5.41) is 3.12. The largest absolute Gasteiger partial charge is 0.353 e. The molecule has 2 heteroatoms. The number of nitrogens with one attached hydrogen (secondary N) is 1. The zero-order valence-electron chi connectivity index (χ0n) is 12.3. The molecule has 0 aliphatic rings. The molecule has 0 fully saturated rings. The lowest BCUT2D eigenvalue weighted by atomic mass is 9.88. The predicted molar refractivity (Wildman–Crippen MR) is 72.5 cm³/mol. The van der Waals surface area contributed by atoms with Crippen LogP contribution in [0.25, 0.3) is 0 Å². The Kier molecular flexibility index (Phi) is 10.8. The van der Waals surface area contributed by atoms with Gasteiger partial charge in [0.2, 0.25) is 5.91 Å². The molecule has 0 spiro atoms. The fraction of sp³-hybridized carbons (Fsp3) is 0.929. The number of rotatable bonds is 6.